The van der Waals surface area contributed by atoms with E-state index in [-0.39, 0.29) is 10.6 Å². The van der Waals surface area contributed by atoms with Crippen molar-refractivity contribution in [3.63, 3.8) is 0 Å². The predicted octanol–water partition coefficient (Wildman–Crippen LogP) is 3.64. The van der Waals surface area contributed by atoms with Crippen molar-refractivity contribution < 1.29 is 13.2 Å². The van der Waals surface area contributed by atoms with Crippen molar-refractivity contribution in [2.24, 2.45) is 0 Å². The van der Waals surface area contributed by atoms with Gasteiger partial charge in [0, 0.05) is 11.4 Å². The molecule has 146 valence electrons. The summed E-state index contributed by atoms with van der Waals surface area (Å²) in [7, 11) is -4.01. The van der Waals surface area contributed by atoms with Gasteiger partial charge in [-0.15, -0.1) is 0 Å². The molecule has 7 nitrogen and oxygen atoms in total. The predicted molar refractivity (Wildman–Crippen MR) is 109 cm³/mol. The number of H-pyrrole nitrogens is 1. The molecule has 8 heteroatoms. The molecule has 0 unspecified atom stereocenters. The Labute approximate surface area is 164 Å². The minimum absolute atomic E-state index is 0.0588. The van der Waals surface area contributed by atoms with Gasteiger partial charge in [0.15, 0.2) is 5.03 Å². The fraction of sp³-hybridized carbons (Fsp3) is 0.200. The second-order valence-electron chi connectivity index (χ2n) is 6.60. The molecule has 0 atom stereocenters. The van der Waals surface area contributed by atoms with Crippen LogP contribution in [0.25, 0.3) is 0 Å². The third kappa shape index (κ3) is 4.40. The third-order valence-electron chi connectivity index (χ3n) is 4.21. The van der Waals surface area contributed by atoms with Crippen molar-refractivity contribution in [1.29, 1.82) is 0 Å². The minimum atomic E-state index is -4.01. The van der Waals surface area contributed by atoms with Crippen LogP contribution in [0.4, 0.5) is 11.4 Å². The van der Waals surface area contributed by atoms with E-state index in [4.69, 9.17) is 0 Å². The van der Waals surface area contributed by atoms with Gasteiger partial charge in [-0.05, 0) is 61.2 Å². The van der Waals surface area contributed by atoms with Crippen LogP contribution < -0.4 is 10.0 Å². The molecule has 2 aromatic carbocycles. The van der Waals surface area contributed by atoms with Crippen LogP contribution in [0, 0.1) is 13.8 Å². The molecule has 3 rings (SSSR count). The molecule has 3 N–H and O–H groups in total. The highest BCUT2D eigenvalue weighted by molar-refractivity contribution is 7.92. The number of nitrogens with one attached hydrogen (secondary N) is 3. The second kappa shape index (κ2) is 7.85. The summed E-state index contributed by atoms with van der Waals surface area (Å²) in [5, 5.41) is 8.59. The van der Waals surface area contributed by atoms with Crippen LogP contribution in [0.5, 0.6) is 0 Å². The number of anilines is 2. The SMILES string of the molecule is CCc1ccc(NC(=O)c2cn[nH]c2S(=O)(=O)Nc2cc(C)cc(C)c2)cc1. The molecule has 28 heavy (non-hydrogen) atoms. The van der Waals surface area contributed by atoms with Gasteiger partial charge in [-0.2, -0.15) is 13.5 Å². The van der Waals surface area contributed by atoms with E-state index in [9.17, 15) is 13.2 Å². The number of aromatic nitrogens is 2. The summed E-state index contributed by atoms with van der Waals surface area (Å²) < 4.78 is 28.1. The van der Waals surface area contributed by atoms with Crippen LogP contribution in [0.2, 0.25) is 0 Å². The number of carbonyl (C=O) groups is 1. The smallest absolute Gasteiger partial charge is 0.279 e. The zero-order chi connectivity index (χ0) is 20.3. The summed E-state index contributed by atoms with van der Waals surface area (Å²) >= 11 is 0. The highest BCUT2D eigenvalue weighted by atomic mass is 32.2. The van der Waals surface area contributed by atoms with Gasteiger partial charge in [0.2, 0.25) is 0 Å². The quantitative estimate of drug-likeness (QED) is 0.590. The third-order valence-corrected chi connectivity index (χ3v) is 5.56. The van der Waals surface area contributed by atoms with Crippen molar-refractivity contribution in [3.8, 4) is 0 Å². The first-order valence-electron chi connectivity index (χ1n) is 8.83. The lowest BCUT2D eigenvalue weighted by atomic mass is 10.1. The Morgan fingerprint density at radius 2 is 1.68 bits per heavy atom. The molecule has 1 aromatic heterocycles. The Hall–Kier alpha value is -3.13. The van der Waals surface area contributed by atoms with Crippen molar-refractivity contribution in [1.82, 2.24) is 10.2 Å². The zero-order valence-electron chi connectivity index (χ0n) is 15.9. The number of nitrogens with zero attached hydrogens (tertiary/aromatic N) is 1. The van der Waals surface area contributed by atoms with Crippen LogP contribution in [-0.2, 0) is 16.4 Å². The molecule has 3 aromatic rings. The van der Waals surface area contributed by atoms with Crippen molar-refractivity contribution in [3.05, 3.63) is 70.9 Å². The van der Waals surface area contributed by atoms with E-state index in [1.54, 1.807) is 24.3 Å². The number of aromatic amines is 1. The van der Waals surface area contributed by atoms with E-state index in [1.165, 1.54) is 6.20 Å². The lowest BCUT2D eigenvalue weighted by Crippen LogP contribution is -2.20. The van der Waals surface area contributed by atoms with Crippen LogP contribution in [-0.4, -0.2) is 24.5 Å². The van der Waals surface area contributed by atoms with Gasteiger partial charge in [-0.25, -0.2) is 0 Å². The summed E-state index contributed by atoms with van der Waals surface area (Å²) in [4.78, 5) is 12.6. The van der Waals surface area contributed by atoms with E-state index in [2.05, 4.69) is 20.2 Å². The van der Waals surface area contributed by atoms with E-state index in [1.807, 2.05) is 39.0 Å². The average molecular weight is 398 g/mol. The molecule has 0 aliphatic heterocycles. The number of sulfonamides is 1. The van der Waals surface area contributed by atoms with Crippen LogP contribution in [0.15, 0.2) is 53.7 Å². The monoisotopic (exact) mass is 398 g/mol. The van der Waals surface area contributed by atoms with Crippen LogP contribution in [0.1, 0.15) is 34.0 Å². The van der Waals surface area contributed by atoms with E-state index in [0.717, 1.165) is 23.1 Å². The molecule has 1 amide bonds. The van der Waals surface area contributed by atoms with Gasteiger partial charge in [0.05, 0.1) is 11.8 Å². The van der Waals surface area contributed by atoms with E-state index < -0.39 is 15.9 Å². The highest BCUT2D eigenvalue weighted by Crippen LogP contribution is 2.21. The topological polar surface area (TPSA) is 104 Å². The first kappa shape index (κ1) is 19.6. The number of amides is 1. The fourth-order valence-electron chi connectivity index (χ4n) is 2.90. The van der Waals surface area contributed by atoms with Crippen LogP contribution in [0.3, 0.4) is 0 Å². The maximum Gasteiger partial charge on any atom is 0.279 e. The summed E-state index contributed by atoms with van der Waals surface area (Å²) in [6, 6.07) is 12.7. The molecule has 0 saturated carbocycles. The summed E-state index contributed by atoms with van der Waals surface area (Å²) in [5.41, 5.74) is 3.94. The Morgan fingerprint density at radius 3 is 2.29 bits per heavy atom. The molecule has 0 radical (unpaired) electrons. The zero-order valence-corrected chi connectivity index (χ0v) is 16.7. The van der Waals surface area contributed by atoms with Gasteiger partial charge in [0.25, 0.3) is 15.9 Å². The van der Waals surface area contributed by atoms with Crippen molar-refractivity contribution >= 4 is 27.3 Å². The maximum atomic E-state index is 12.8. The minimum Gasteiger partial charge on any atom is -0.322 e. The van der Waals surface area contributed by atoms with Crippen molar-refractivity contribution in [2.75, 3.05) is 10.0 Å². The molecule has 0 spiro atoms. The van der Waals surface area contributed by atoms with Gasteiger partial charge < -0.3 is 5.32 Å². The number of carbonyl (C=O) groups excluding carboxylic acids is 1. The van der Waals surface area contributed by atoms with Crippen LogP contribution >= 0.6 is 0 Å². The first-order valence-corrected chi connectivity index (χ1v) is 10.3. The number of aryl methyl sites for hydroxylation is 3. The molecule has 0 fully saturated rings. The number of hydrogen-bond donors (Lipinski definition) is 3. The van der Waals surface area contributed by atoms with E-state index >= 15 is 0 Å². The number of benzene rings is 2. The standard InChI is InChI=1S/C20H22N4O3S/c1-4-15-5-7-16(8-6-15)22-19(25)18-12-21-23-20(18)28(26,27)24-17-10-13(2)9-14(3)11-17/h5-12,24H,4H2,1-3H3,(H,21,23)(H,22,25). The largest absolute Gasteiger partial charge is 0.322 e. The van der Waals surface area contributed by atoms with Gasteiger partial charge in [-0.3, -0.25) is 14.6 Å². The molecular formula is C20H22N4O3S. The Kier molecular flexibility index (Phi) is 5.51. The molecule has 0 aliphatic carbocycles. The van der Waals surface area contributed by atoms with Crippen molar-refractivity contribution in [2.45, 2.75) is 32.2 Å². The van der Waals surface area contributed by atoms with Gasteiger partial charge >= 0.3 is 0 Å². The van der Waals surface area contributed by atoms with Gasteiger partial charge in [-0.1, -0.05) is 25.1 Å². The molecule has 0 saturated heterocycles. The Morgan fingerprint density at radius 1 is 1.04 bits per heavy atom. The normalized spacial score (nSPS) is 11.2. The van der Waals surface area contributed by atoms with Gasteiger partial charge in [0.1, 0.15) is 0 Å². The first-order chi connectivity index (χ1) is 13.3. The second-order valence-corrected chi connectivity index (χ2v) is 8.22. The Balaban J connectivity index is 1.83. The average Bonchev–Trinajstić information content (AvgIpc) is 3.12. The Bertz CT molecular complexity index is 1080. The molecule has 0 aliphatic rings. The lowest BCUT2D eigenvalue weighted by molar-refractivity contribution is 0.102. The lowest BCUT2D eigenvalue weighted by Gasteiger charge is -2.10. The van der Waals surface area contributed by atoms with E-state index in [0.29, 0.717) is 11.4 Å². The molecular weight excluding hydrogens is 376 g/mol. The summed E-state index contributed by atoms with van der Waals surface area (Å²) in [6.07, 6.45) is 2.09. The number of rotatable bonds is 6. The number of hydrogen-bond acceptors (Lipinski definition) is 4. The molecule has 1 heterocycles. The summed E-state index contributed by atoms with van der Waals surface area (Å²) in [5.74, 6) is -0.557. The molecule has 0 bridgehead atoms. The summed E-state index contributed by atoms with van der Waals surface area (Å²) in [6.45, 7) is 5.80. The fourth-order valence-corrected chi connectivity index (χ4v) is 4.04. The highest BCUT2D eigenvalue weighted by Gasteiger charge is 2.25. The maximum absolute atomic E-state index is 12.8.